The lowest BCUT2D eigenvalue weighted by atomic mass is 9.80. The number of benzene rings is 1. The molecule has 110 valence electrons. The van der Waals surface area contributed by atoms with Crippen molar-refractivity contribution in [3.05, 3.63) is 34.9 Å². The Morgan fingerprint density at radius 1 is 1.40 bits per heavy atom. The van der Waals surface area contributed by atoms with E-state index in [1.54, 1.807) is 7.05 Å². The van der Waals surface area contributed by atoms with Gasteiger partial charge in [0.1, 0.15) is 0 Å². The number of hydrogen-bond donors (Lipinski definition) is 2. The normalized spacial score (nSPS) is 17.4. The lowest BCUT2D eigenvalue weighted by Crippen LogP contribution is -2.34. The first-order valence-corrected chi connectivity index (χ1v) is 7.82. The van der Waals surface area contributed by atoms with Crippen molar-refractivity contribution in [1.82, 2.24) is 10.6 Å². The first kappa shape index (κ1) is 14.9. The third kappa shape index (κ3) is 3.75. The van der Waals surface area contributed by atoms with E-state index in [1.807, 2.05) is 0 Å². The predicted molar refractivity (Wildman–Crippen MR) is 83.2 cm³/mol. The fraction of sp³-hybridized carbons (Fsp3) is 0.588. The van der Waals surface area contributed by atoms with Crippen LogP contribution >= 0.6 is 0 Å². The van der Waals surface area contributed by atoms with E-state index in [0.717, 1.165) is 19.4 Å². The Bertz CT molecular complexity index is 456. The predicted octanol–water partition coefficient (Wildman–Crippen LogP) is 3.38. The molecule has 0 radical (unpaired) electrons. The molecular weight excluding hydrogens is 248 g/mol. The van der Waals surface area contributed by atoms with Gasteiger partial charge in [0.2, 0.25) is 0 Å². The van der Waals surface area contributed by atoms with Crippen LogP contribution in [0.4, 0.5) is 4.79 Å². The summed E-state index contributed by atoms with van der Waals surface area (Å²) in [6.45, 7) is 2.98. The van der Waals surface area contributed by atoms with E-state index in [2.05, 4.69) is 35.8 Å². The van der Waals surface area contributed by atoms with Gasteiger partial charge in [-0.1, -0.05) is 31.5 Å². The van der Waals surface area contributed by atoms with E-state index in [4.69, 9.17) is 0 Å². The van der Waals surface area contributed by atoms with Crippen LogP contribution in [0.15, 0.2) is 18.2 Å². The van der Waals surface area contributed by atoms with Crippen molar-refractivity contribution in [2.24, 2.45) is 0 Å². The number of carbonyl (C=O) groups excluding carboxylic acids is 1. The molecule has 1 aromatic carbocycles. The number of carbonyl (C=O) groups is 1. The van der Waals surface area contributed by atoms with Gasteiger partial charge in [0.05, 0.1) is 0 Å². The Hall–Kier alpha value is -1.51. The van der Waals surface area contributed by atoms with Crippen LogP contribution in [0.3, 0.4) is 0 Å². The highest BCUT2D eigenvalue weighted by Crippen LogP contribution is 2.34. The number of aryl methyl sites for hydroxylation is 2. The van der Waals surface area contributed by atoms with Crippen LogP contribution in [-0.2, 0) is 12.8 Å². The molecule has 0 saturated carbocycles. The molecular formula is C17H26N2O. The minimum absolute atomic E-state index is 0.0826. The zero-order chi connectivity index (χ0) is 14.4. The van der Waals surface area contributed by atoms with Crippen molar-refractivity contribution < 1.29 is 4.79 Å². The maximum absolute atomic E-state index is 11.2. The van der Waals surface area contributed by atoms with Crippen molar-refractivity contribution in [3.8, 4) is 0 Å². The summed E-state index contributed by atoms with van der Waals surface area (Å²) in [6, 6.07) is 6.93. The summed E-state index contributed by atoms with van der Waals surface area (Å²) in [6.07, 6.45) is 7.12. The largest absolute Gasteiger partial charge is 0.341 e. The van der Waals surface area contributed by atoms with E-state index in [9.17, 15) is 4.79 Å². The summed E-state index contributed by atoms with van der Waals surface area (Å²) in [5, 5.41) is 5.50. The molecule has 0 saturated heterocycles. The number of fused-ring (bicyclic) bond motifs is 1. The van der Waals surface area contributed by atoms with Crippen LogP contribution in [0.25, 0.3) is 0 Å². The van der Waals surface area contributed by atoms with Gasteiger partial charge in [0.25, 0.3) is 0 Å². The number of urea groups is 1. The molecule has 2 rings (SSSR count). The Kier molecular flexibility index (Phi) is 5.45. The van der Waals surface area contributed by atoms with Gasteiger partial charge >= 0.3 is 6.03 Å². The van der Waals surface area contributed by atoms with Gasteiger partial charge in [-0.2, -0.15) is 0 Å². The minimum atomic E-state index is -0.0826. The lowest BCUT2D eigenvalue weighted by molar-refractivity contribution is 0.242. The summed E-state index contributed by atoms with van der Waals surface area (Å²) >= 11 is 0. The summed E-state index contributed by atoms with van der Waals surface area (Å²) < 4.78 is 0. The molecule has 0 aliphatic heterocycles. The SMILES string of the molecule is CCCc1ccc2c(c1)[C@@H](CCNC(=O)NC)CCC2. The Morgan fingerprint density at radius 2 is 2.25 bits per heavy atom. The minimum Gasteiger partial charge on any atom is -0.341 e. The maximum atomic E-state index is 11.2. The van der Waals surface area contributed by atoms with E-state index in [-0.39, 0.29) is 6.03 Å². The second kappa shape index (κ2) is 7.32. The van der Waals surface area contributed by atoms with E-state index in [0.29, 0.717) is 5.92 Å². The second-order valence-electron chi connectivity index (χ2n) is 5.67. The highest BCUT2D eigenvalue weighted by molar-refractivity contribution is 5.73. The summed E-state index contributed by atoms with van der Waals surface area (Å²) in [5.41, 5.74) is 4.50. The van der Waals surface area contributed by atoms with Crippen molar-refractivity contribution in [1.29, 1.82) is 0 Å². The number of hydrogen-bond acceptors (Lipinski definition) is 1. The van der Waals surface area contributed by atoms with Crippen LogP contribution in [-0.4, -0.2) is 19.6 Å². The fourth-order valence-corrected chi connectivity index (χ4v) is 3.14. The van der Waals surface area contributed by atoms with E-state index >= 15 is 0 Å². The molecule has 3 nitrogen and oxygen atoms in total. The van der Waals surface area contributed by atoms with E-state index in [1.165, 1.54) is 42.4 Å². The zero-order valence-corrected chi connectivity index (χ0v) is 12.7. The summed E-state index contributed by atoms with van der Waals surface area (Å²) in [7, 11) is 1.66. The quantitative estimate of drug-likeness (QED) is 0.849. The number of rotatable bonds is 5. The molecule has 20 heavy (non-hydrogen) atoms. The van der Waals surface area contributed by atoms with Crippen LogP contribution in [0.5, 0.6) is 0 Å². The molecule has 1 atom stereocenters. The van der Waals surface area contributed by atoms with Crippen LogP contribution < -0.4 is 10.6 Å². The molecule has 0 heterocycles. The average Bonchev–Trinajstić information content (AvgIpc) is 2.47. The zero-order valence-electron chi connectivity index (χ0n) is 12.7. The highest BCUT2D eigenvalue weighted by Gasteiger charge is 2.20. The smallest absolute Gasteiger partial charge is 0.314 e. The molecule has 0 unspecified atom stereocenters. The van der Waals surface area contributed by atoms with Gasteiger partial charge < -0.3 is 10.6 Å². The topological polar surface area (TPSA) is 41.1 Å². The van der Waals surface area contributed by atoms with Crippen LogP contribution in [0.1, 0.15) is 55.2 Å². The second-order valence-corrected chi connectivity index (χ2v) is 5.67. The Morgan fingerprint density at radius 3 is 3.00 bits per heavy atom. The average molecular weight is 274 g/mol. The van der Waals surface area contributed by atoms with Crippen molar-refractivity contribution >= 4 is 6.03 Å². The monoisotopic (exact) mass is 274 g/mol. The maximum Gasteiger partial charge on any atom is 0.314 e. The molecule has 2 N–H and O–H groups in total. The molecule has 0 bridgehead atoms. The molecule has 0 aromatic heterocycles. The third-order valence-corrected chi connectivity index (χ3v) is 4.19. The first-order valence-electron chi connectivity index (χ1n) is 7.82. The molecule has 0 spiro atoms. The van der Waals surface area contributed by atoms with Gasteiger partial charge in [-0.25, -0.2) is 4.79 Å². The molecule has 1 aliphatic carbocycles. The lowest BCUT2D eigenvalue weighted by Gasteiger charge is -2.26. The van der Waals surface area contributed by atoms with Crippen LogP contribution in [0.2, 0.25) is 0 Å². The molecule has 2 amide bonds. The van der Waals surface area contributed by atoms with Gasteiger partial charge in [0, 0.05) is 13.6 Å². The molecule has 1 aromatic rings. The Balaban J connectivity index is 2.02. The van der Waals surface area contributed by atoms with Crippen LogP contribution in [0, 0.1) is 0 Å². The summed E-state index contributed by atoms with van der Waals surface area (Å²) in [4.78, 5) is 11.2. The third-order valence-electron chi connectivity index (χ3n) is 4.19. The molecule has 0 fully saturated rings. The highest BCUT2D eigenvalue weighted by atomic mass is 16.2. The van der Waals surface area contributed by atoms with Gasteiger partial charge in [0.15, 0.2) is 0 Å². The Labute approximate surface area is 122 Å². The van der Waals surface area contributed by atoms with Crippen molar-refractivity contribution in [2.75, 3.05) is 13.6 Å². The van der Waals surface area contributed by atoms with Crippen molar-refractivity contribution in [3.63, 3.8) is 0 Å². The van der Waals surface area contributed by atoms with Crippen molar-refractivity contribution in [2.45, 2.75) is 51.4 Å². The van der Waals surface area contributed by atoms with Gasteiger partial charge in [-0.15, -0.1) is 0 Å². The number of nitrogens with one attached hydrogen (secondary N) is 2. The number of amides is 2. The summed E-state index contributed by atoms with van der Waals surface area (Å²) in [5.74, 6) is 0.604. The molecule has 3 heteroatoms. The first-order chi connectivity index (χ1) is 9.74. The molecule has 1 aliphatic rings. The fourth-order valence-electron chi connectivity index (χ4n) is 3.14. The standard InChI is InChI=1S/C17H26N2O/c1-3-5-13-8-9-14-6-4-7-15(16(14)12-13)10-11-19-17(20)18-2/h8-9,12,15H,3-7,10-11H2,1-2H3,(H2,18,19,20)/t15-/m1/s1. The van der Waals surface area contributed by atoms with E-state index < -0.39 is 0 Å². The van der Waals surface area contributed by atoms with Gasteiger partial charge in [-0.05, 0) is 54.7 Å². The van der Waals surface area contributed by atoms with Gasteiger partial charge in [-0.3, -0.25) is 0 Å².